The van der Waals surface area contributed by atoms with Gasteiger partial charge in [-0.2, -0.15) is 0 Å². The van der Waals surface area contributed by atoms with Crippen LogP contribution in [0.1, 0.15) is 79.6 Å². The van der Waals surface area contributed by atoms with Crippen molar-refractivity contribution >= 4 is 35.5 Å². The molecule has 2 aliphatic rings. The van der Waals surface area contributed by atoms with Crippen molar-refractivity contribution < 1.29 is 9.53 Å². The number of fused-ring (bicyclic) bond motifs is 2. The Morgan fingerprint density at radius 3 is 2.79 bits per heavy atom. The molecule has 0 aromatic carbocycles. The Bertz CT molecular complexity index is 1050. The number of aromatic amines is 1. The van der Waals surface area contributed by atoms with Crippen LogP contribution < -0.4 is 16.0 Å². The van der Waals surface area contributed by atoms with Gasteiger partial charge in [0.25, 0.3) is 0 Å². The predicted molar refractivity (Wildman–Crippen MR) is 139 cm³/mol. The Balaban J connectivity index is 1.52. The molecular weight excluding hydrogens is 431 g/mol. The zero-order valence-electron chi connectivity index (χ0n) is 20.7. The second-order valence-corrected chi connectivity index (χ2v) is 11.4. The second-order valence-electron chi connectivity index (χ2n) is 10.3. The van der Waals surface area contributed by atoms with Gasteiger partial charge in [0.1, 0.15) is 0 Å². The number of hydrogen-bond donors (Lipinski definition) is 4. The zero-order chi connectivity index (χ0) is 23.8. The van der Waals surface area contributed by atoms with Crippen LogP contribution in [0.4, 0.5) is 9.80 Å². The Morgan fingerprint density at radius 1 is 1.27 bits per heavy atom. The molecule has 4 rings (SSSR count). The molecule has 1 atom stereocenters. The number of H-pyrrole nitrogens is 1. The number of nitrogens with one attached hydrogen (secondary N) is 4. The summed E-state index contributed by atoms with van der Waals surface area (Å²) >= 11 is 1.67. The molecule has 8 heteroatoms. The fraction of sp³-hybridized carbons (Fsp3) is 0.600. The van der Waals surface area contributed by atoms with Gasteiger partial charge in [-0.3, -0.25) is 0 Å². The average Bonchev–Trinajstić information content (AvgIpc) is 3.27. The first-order valence-electron chi connectivity index (χ1n) is 12.2. The molecule has 1 aliphatic carbocycles. The molecule has 4 N–H and O–H groups in total. The summed E-state index contributed by atoms with van der Waals surface area (Å²) in [7, 11) is 4.24. The number of urea groups is 1. The summed E-state index contributed by atoms with van der Waals surface area (Å²) in [5, 5.41) is 10.5. The van der Waals surface area contributed by atoms with Gasteiger partial charge in [0.2, 0.25) is 0 Å². The van der Waals surface area contributed by atoms with E-state index in [-0.39, 0.29) is 11.6 Å². The Labute approximate surface area is 202 Å². The number of amides is 2. The van der Waals surface area contributed by atoms with E-state index in [0.29, 0.717) is 18.1 Å². The van der Waals surface area contributed by atoms with Crippen LogP contribution in [0.2, 0.25) is 0 Å². The van der Waals surface area contributed by atoms with Gasteiger partial charge in [-0.1, -0.05) is 0 Å². The molecule has 1 unspecified atom stereocenters. The summed E-state index contributed by atoms with van der Waals surface area (Å²) in [6, 6.07) is -0.183. The molecule has 0 spiro atoms. The van der Waals surface area contributed by atoms with Crippen molar-refractivity contribution in [1.82, 2.24) is 15.6 Å². The molecule has 1 aliphatic heterocycles. The quantitative estimate of drug-likeness (QED) is 0.486. The Morgan fingerprint density at radius 2 is 2.06 bits per heavy atom. The summed E-state index contributed by atoms with van der Waals surface area (Å²) in [5.41, 5.74) is 7.65. The van der Waals surface area contributed by atoms with Gasteiger partial charge in [0.15, 0.2) is 0 Å². The van der Waals surface area contributed by atoms with Gasteiger partial charge < -0.3 is 0 Å². The van der Waals surface area contributed by atoms with Crippen LogP contribution >= 0.6 is 11.3 Å². The molecule has 0 bridgehead atoms. The van der Waals surface area contributed by atoms with Crippen LogP contribution in [0.25, 0.3) is 0 Å². The number of aromatic nitrogens is 1. The maximum atomic E-state index is 13.0. The monoisotopic (exact) mass is 468 g/mol. The van der Waals surface area contributed by atoms with Gasteiger partial charge in [0, 0.05) is 0 Å². The predicted octanol–water partition coefficient (Wildman–Crippen LogP) is 3.92. The van der Waals surface area contributed by atoms with Crippen molar-refractivity contribution in [3.05, 3.63) is 38.5 Å². The Kier molecular flexibility index (Phi) is 7.05. The first-order chi connectivity index (χ1) is 15.7. The fourth-order valence-electron chi connectivity index (χ4n) is 4.96. The van der Waals surface area contributed by atoms with Crippen molar-refractivity contribution in [3.63, 3.8) is 0 Å². The van der Waals surface area contributed by atoms with E-state index >= 15 is 0 Å². The molecule has 3 heterocycles. The summed E-state index contributed by atoms with van der Waals surface area (Å²) < 4.78 is 6.14. The number of rotatable bonds is 6. The van der Waals surface area contributed by atoms with Gasteiger partial charge >= 0.3 is 202 Å². The molecule has 178 valence electrons. The third-order valence-corrected chi connectivity index (χ3v) is 7.64. The zero-order valence-corrected chi connectivity index (χ0v) is 21.5. The first-order valence-corrected chi connectivity index (χ1v) is 13.0. The molecule has 6 nitrogen and oxygen atoms in total. The van der Waals surface area contributed by atoms with Crippen LogP contribution in [0.5, 0.6) is 0 Å². The minimum atomic E-state index is -0.341. The van der Waals surface area contributed by atoms with E-state index in [2.05, 4.69) is 42.3 Å². The third-order valence-electron chi connectivity index (χ3n) is 6.47. The number of anilines is 1. The topological polar surface area (TPSA) is 78.2 Å². The van der Waals surface area contributed by atoms with Crippen LogP contribution in [-0.2, 0) is 43.5 Å². The number of aryl methyl sites for hydroxylation is 1. The van der Waals surface area contributed by atoms with E-state index in [9.17, 15) is 4.79 Å². The van der Waals surface area contributed by atoms with Crippen molar-refractivity contribution in [2.75, 3.05) is 11.9 Å². The molecular formula is C25H37BN4O2S. The summed E-state index contributed by atoms with van der Waals surface area (Å²) in [6.45, 7) is 12.9. The van der Waals surface area contributed by atoms with Gasteiger partial charge in [0.05, 0.1) is 0 Å². The Hall–Kier alpha value is -2.06. The number of thiophene rings is 1. The van der Waals surface area contributed by atoms with Gasteiger partial charge in [-0.15, -0.1) is 0 Å². The van der Waals surface area contributed by atoms with E-state index in [1.807, 2.05) is 20.8 Å². The SMILES string of the molecule is B=C(OC(C)(C)C)c1c(NC(=O)NCc2c(CC)[nH]c3c2CCNC3)sc2c1CCC(C)C2. The molecule has 33 heavy (non-hydrogen) atoms. The standard InChI is InChI=1S/C25H37BN4O2S/c1-6-18-17(15-9-10-27-13-19(15)29-18)12-28-24(31)30-23-21(22(26)32-25(3,4)5)16-8-7-14(2)11-20(16)33-23/h14,26-27,29H,6-13H2,1-5H3,(H2,28,30,31). The van der Waals surface area contributed by atoms with Gasteiger partial charge in [-0.05, 0) is 0 Å². The van der Waals surface area contributed by atoms with Crippen molar-refractivity contribution in [1.29, 1.82) is 0 Å². The van der Waals surface area contributed by atoms with Crippen LogP contribution in [0.15, 0.2) is 0 Å². The van der Waals surface area contributed by atoms with Crippen molar-refractivity contribution in [2.24, 2.45) is 5.92 Å². The number of carbonyl (C=O) groups is 1. The number of carbonyl (C=O) groups excluding carboxylic acids is 1. The van der Waals surface area contributed by atoms with E-state index in [0.717, 1.165) is 55.8 Å². The molecule has 2 aromatic rings. The first kappa shape index (κ1) is 24.1. The molecule has 0 fully saturated rings. The minimum absolute atomic E-state index is 0.183. The number of ether oxygens (including phenoxy) is 1. The fourth-order valence-corrected chi connectivity index (χ4v) is 6.39. The molecule has 2 amide bonds. The summed E-state index contributed by atoms with van der Waals surface area (Å²) in [4.78, 5) is 17.9. The van der Waals surface area contributed by atoms with E-state index in [1.54, 1.807) is 11.3 Å². The molecule has 0 radical (unpaired) electrons. The van der Waals surface area contributed by atoms with Crippen LogP contribution in [0.3, 0.4) is 0 Å². The second kappa shape index (κ2) is 9.67. The van der Waals surface area contributed by atoms with Crippen LogP contribution in [0, 0.1) is 5.92 Å². The van der Waals surface area contributed by atoms with E-state index in [1.165, 1.54) is 33.0 Å². The van der Waals surface area contributed by atoms with Crippen LogP contribution in [-0.4, -0.2) is 36.3 Å². The maximum absolute atomic E-state index is 13.0. The summed E-state index contributed by atoms with van der Waals surface area (Å²) in [5.74, 6) is 0.657. The average molecular weight is 468 g/mol. The van der Waals surface area contributed by atoms with Crippen molar-refractivity contribution in [3.8, 4) is 0 Å². The third kappa shape index (κ3) is 5.38. The van der Waals surface area contributed by atoms with E-state index < -0.39 is 0 Å². The molecule has 0 saturated carbocycles. The molecule has 0 saturated heterocycles. The van der Waals surface area contributed by atoms with E-state index in [4.69, 9.17) is 4.74 Å². The number of hydrogen-bond acceptors (Lipinski definition) is 4. The van der Waals surface area contributed by atoms with Gasteiger partial charge in [-0.25, -0.2) is 0 Å². The molecule has 2 aromatic heterocycles. The normalized spacial score (nSPS) is 17.8. The van der Waals surface area contributed by atoms with Crippen molar-refractivity contribution in [2.45, 2.75) is 85.4 Å². The summed E-state index contributed by atoms with van der Waals surface area (Å²) in [6.07, 6.45) is 5.12.